The second kappa shape index (κ2) is 6.54. The highest BCUT2D eigenvalue weighted by Gasteiger charge is 2.30. The topological polar surface area (TPSA) is 80.7 Å². The minimum absolute atomic E-state index is 0.178. The molecule has 4 rings (SSSR count). The first kappa shape index (κ1) is 15.6. The highest BCUT2D eigenvalue weighted by molar-refractivity contribution is 8.13. The van der Waals surface area contributed by atoms with E-state index < -0.39 is 0 Å². The lowest BCUT2D eigenvalue weighted by Gasteiger charge is -2.11. The predicted molar refractivity (Wildman–Crippen MR) is 96.4 cm³/mol. The molecule has 0 fully saturated rings. The van der Waals surface area contributed by atoms with Crippen LogP contribution in [0.1, 0.15) is 5.89 Å². The van der Waals surface area contributed by atoms with Crippen LogP contribution in [0.4, 0.5) is 0 Å². The van der Waals surface area contributed by atoms with E-state index in [2.05, 4.69) is 20.1 Å². The van der Waals surface area contributed by atoms with Gasteiger partial charge in [-0.15, -0.1) is 11.8 Å². The fourth-order valence-corrected chi connectivity index (χ4v) is 3.86. The number of amidine groups is 1. The number of carbonyl (C=O) groups excluding carboxylic acids is 1. The Bertz CT molecular complexity index is 906. The average Bonchev–Trinajstić information content (AvgIpc) is 3.22. The molecule has 0 radical (unpaired) electrons. The van der Waals surface area contributed by atoms with Crippen LogP contribution in [0, 0.1) is 0 Å². The molecule has 2 aromatic rings. The van der Waals surface area contributed by atoms with Crippen LogP contribution in [0.15, 0.2) is 50.3 Å². The van der Waals surface area contributed by atoms with E-state index in [1.807, 2.05) is 23.6 Å². The molecule has 9 heteroatoms. The van der Waals surface area contributed by atoms with E-state index in [0.717, 1.165) is 11.3 Å². The van der Waals surface area contributed by atoms with Crippen molar-refractivity contribution in [3.05, 3.63) is 46.7 Å². The second-order valence-electron chi connectivity index (χ2n) is 4.90. The zero-order valence-corrected chi connectivity index (χ0v) is 14.4. The summed E-state index contributed by atoms with van der Waals surface area (Å²) in [6.45, 7) is 0. The number of hydrogen-bond acceptors (Lipinski definition) is 7. The highest BCUT2D eigenvalue weighted by atomic mass is 35.5. The molecule has 0 aliphatic carbocycles. The van der Waals surface area contributed by atoms with Gasteiger partial charge in [-0.1, -0.05) is 40.7 Å². The Morgan fingerprint density at radius 1 is 1.33 bits per heavy atom. The van der Waals surface area contributed by atoms with Crippen molar-refractivity contribution in [2.45, 2.75) is 11.0 Å². The van der Waals surface area contributed by atoms with Crippen LogP contribution in [0.2, 0.25) is 5.02 Å². The molecule has 1 unspecified atom stereocenters. The van der Waals surface area contributed by atoms with Crippen molar-refractivity contribution in [2.75, 3.05) is 0 Å². The van der Waals surface area contributed by atoms with Gasteiger partial charge in [-0.25, -0.2) is 4.99 Å². The standard InChI is InChI=1S/C15H9ClN4O2S2/c16-9-3-1-2-8(6-9)13-18-11(22-20-13)7-24-15-17-10-4-5-23-12(10)14(21)19-15/h1-6,12H,7H2. The molecule has 0 saturated carbocycles. The number of benzene rings is 1. The number of fused-ring (bicyclic) bond motifs is 1. The number of thioether (sulfide) groups is 2. The van der Waals surface area contributed by atoms with E-state index in [-0.39, 0.29) is 11.2 Å². The normalized spacial score (nSPS) is 19.2. The van der Waals surface area contributed by atoms with E-state index in [4.69, 9.17) is 16.1 Å². The number of aromatic nitrogens is 2. The molecule has 1 atom stereocenters. The molecular weight excluding hydrogens is 368 g/mol. The Hall–Kier alpha value is -1.90. The van der Waals surface area contributed by atoms with Crippen LogP contribution in [-0.2, 0) is 10.5 Å². The molecule has 0 bridgehead atoms. The molecule has 120 valence electrons. The quantitative estimate of drug-likeness (QED) is 0.814. The van der Waals surface area contributed by atoms with Crippen LogP contribution in [0.3, 0.4) is 0 Å². The summed E-state index contributed by atoms with van der Waals surface area (Å²) < 4.78 is 5.23. The summed E-state index contributed by atoms with van der Waals surface area (Å²) in [6.07, 6.45) is 1.84. The van der Waals surface area contributed by atoms with Crippen molar-refractivity contribution < 1.29 is 9.32 Å². The lowest BCUT2D eigenvalue weighted by Crippen LogP contribution is -2.26. The number of nitrogens with zero attached hydrogens (tertiary/aromatic N) is 4. The zero-order chi connectivity index (χ0) is 16.5. The Morgan fingerprint density at radius 2 is 2.25 bits per heavy atom. The maximum Gasteiger partial charge on any atom is 0.267 e. The lowest BCUT2D eigenvalue weighted by molar-refractivity contribution is -0.116. The van der Waals surface area contributed by atoms with Crippen LogP contribution in [-0.4, -0.2) is 32.2 Å². The van der Waals surface area contributed by atoms with Gasteiger partial charge in [-0.3, -0.25) is 4.79 Å². The molecule has 6 nitrogen and oxygen atoms in total. The van der Waals surface area contributed by atoms with E-state index in [0.29, 0.717) is 27.7 Å². The highest BCUT2D eigenvalue weighted by Crippen LogP contribution is 2.28. The molecule has 1 aromatic carbocycles. The molecule has 2 aliphatic rings. The third-order valence-corrected chi connectivity index (χ3v) is 5.33. The van der Waals surface area contributed by atoms with Gasteiger partial charge in [0.1, 0.15) is 5.25 Å². The minimum atomic E-state index is -0.285. The smallest absolute Gasteiger partial charge is 0.267 e. The SMILES string of the molecule is O=C1N=C(SCc2nc(-c3cccc(Cl)c3)no2)N=C2C=CSC12. The molecule has 0 saturated heterocycles. The minimum Gasteiger partial charge on any atom is -0.338 e. The maximum absolute atomic E-state index is 11.9. The number of halogens is 1. The van der Waals surface area contributed by atoms with Gasteiger partial charge in [0, 0.05) is 10.6 Å². The van der Waals surface area contributed by atoms with Crippen molar-refractivity contribution in [2.24, 2.45) is 9.98 Å². The van der Waals surface area contributed by atoms with Crippen LogP contribution >= 0.6 is 35.1 Å². The number of allylic oxidation sites excluding steroid dienone is 1. The van der Waals surface area contributed by atoms with Gasteiger partial charge in [0.15, 0.2) is 5.17 Å². The fourth-order valence-electron chi connectivity index (χ4n) is 2.16. The Kier molecular flexibility index (Phi) is 4.26. The molecule has 2 aliphatic heterocycles. The first-order valence-corrected chi connectivity index (χ1v) is 9.24. The van der Waals surface area contributed by atoms with Crippen molar-refractivity contribution >= 4 is 51.9 Å². The van der Waals surface area contributed by atoms with Crippen LogP contribution in [0.25, 0.3) is 11.4 Å². The van der Waals surface area contributed by atoms with Crippen molar-refractivity contribution in [3.63, 3.8) is 0 Å². The average molecular weight is 377 g/mol. The fraction of sp³-hybridized carbons (Fsp3) is 0.133. The molecule has 24 heavy (non-hydrogen) atoms. The number of amides is 1. The van der Waals surface area contributed by atoms with Gasteiger partial charge in [0.05, 0.1) is 11.5 Å². The third-order valence-electron chi connectivity index (χ3n) is 3.25. The van der Waals surface area contributed by atoms with Crippen molar-refractivity contribution in [1.82, 2.24) is 10.1 Å². The molecule has 3 heterocycles. The number of rotatable bonds is 3. The summed E-state index contributed by atoms with van der Waals surface area (Å²) in [4.78, 5) is 24.6. The van der Waals surface area contributed by atoms with Gasteiger partial charge in [0.2, 0.25) is 11.7 Å². The Balaban J connectivity index is 1.46. The molecule has 0 spiro atoms. The summed E-state index contributed by atoms with van der Waals surface area (Å²) >= 11 is 8.68. The van der Waals surface area contributed by atoms with Crippen molar-refractivity contribution in [1.29, 1.82) is 0 Å². The number of carbonyl (C=O) groups is 1. The first-order chi connectivity index (χ1) is 11.7. The molecular formula is C15H9ClN4O2S2. The van der Waals surface area contributed by atoms with E-state index in [1.165, 1.54) is 23.5 Å². The molecule has 0 N–H and O–H groups in total. The van der Waals surface area contributed by atoms with Crippen LogP contribution in [0.5, 0.6) is 0 Å². The van der Waals surface area contributed by atoms with Gasteiger partial charge >= 0.3 is 0 Å². The Labute approximate surface area is 150 Å². The largest absolute Gasteiger partial charge is 0.338 e. The zero-order valence-electron chi connectivity index (χ0n) is 12.0. The van der Waals surface area contributed by atoms with Crippen molar-refractivity contribution in [3.8, 4) is 11.4 Å². The van der Waals surface area contributed by atoms with Gasteiger partial charge in [-0.05, 0) is 23.6 Å². The summed E-state index contributed by atoms with van der Waals surface area (Å²) in [5.41, 5.74) is 1.52. The molecule has 1 aromatic heterocycles. The second-order valence-corrected chi connectivity index (χ2v) is 7.29. The van der Waals surface area contributed by atoms with E-state index in [9.17, 15) is 4.79 Å². The van der Waals surface area contributed by atoms with Gasteiger partial charge in [-0.2, -0.15) is 9.98 Å². The third kappa shape index (κ3) is 3.17. The number of aliphatic imine (C=N–C) groups is 2. The maximum atomic E-state index is 11.9. The van der Waals surface area contributed by atoms with Gasteiger partial charge < -0.3 is 4.52 Å². The number of hydrogen-bond donors (Lipinski definition) is 0. The predicted octanol–water partition coefficient (Wildman–Crippen LogP) is 3.59. The van der Waals surface area contributed by atoms with E-state index >= 15 is 0 Å². The lowest BCUT2D eigenvalue weighted by atomic mass is 10.2. The molecule has 1 amide bonds. The van der Waals surface area contributed by atoms with Crippen LogP contribution < -0.4 is 0 Å². The summed E-state index contributed by atoms with van der Waals surface area (Å²) in [5.74, 6) is 1.11. The van der Waals surface area contributed by atoms with E-state index in [1.54, 1.807) is 12.1 Å². The summed E-state index contributed by atoms with van der Waals surface area (Å²) in [5, 5.41) is 6.55. The first-order valence-electron chi connectivity index (χ1n) is 6.93. The summed E-state index contributed by atoms with van der Waals surface area (Å²) in [7, 11) is 0. The van der Waals surface area contributed by atoms with Gasteiger partial charge in [0.25, 0.3) is 5.91 Å². The monoisotopic (exact) mass is 376 g/mol. The Morgan fingerprint density at radius 3 is 3.12 bits per heavy atom. The summed E-state index contributed by atoms with van der Waals surface area (Å²) in [6, 6.07) is 7.23.